The van der Waals surface area contributed by atoms with Crippen molar-refractivity contribution < 1.29 is 13.9 Å². The summed E-state index contributed by atoms with van der Waals surface area (Å²) in [5.74, 6) is -1.68. The van der Waals surface area contributed by atoms with Gasteiger partial charge in [0.05, 0.1) is 17.8 Å². The molecule has 0 saturated carbocycles. The largest absolute Gasteiger partial charge is 0.465 e. The summed E-state index contributed by atoms with van der Waals surface area (Å²) in [6.07, 6.45) is 0.801. The van der Waals surface area contributed by atoms with Crippen molar-refractivity contribution in [2.45, 2.75) is 0 Å². The van der Waals surface area contributed by atoms with Gasteiger partial charge in [-0.3, -0.25) is 0 Å². The van der Waals surface area contributed by atoms with Crippen molar-refractivity contribution in [3.8, 4) is 6.07 Å². The van der Waals surface area contributed by atoms with E-state index in [0.717, 1.165) is 13.3 Å². The summed E-state index contributed by atoms with van der Waals surface area (Å²) in [6.45, 7) is 0. The number of rotatable bonds is 1. The fourth-order valence-electron chi connectivity index (χ4n) is 0.833. The van der Waals surface area contributed by atoms with Crippen LogP contribution in [0.4, 0.5) is 4.39 Å². The van der Waals surface area contributed by atoms with Gasteiger partial charge in [0.1, 0.15) is 11.6 Å². The molecule has 0 spiro atoms. The topological polar surface area (TPSA) is 63.0 Å². The molecule has 0 saturated heterocycles. The van der Waals surface area contributed by atoms with Crippen molar-refractivity contribution in [2.75, 3.05) is 7.11 Å². The highest BCUT2D eigenvalue weighted by Gasteiger charge is 2.19. The van der Waals surface area contributed by atoms with Gasteiger partial charge in [-0.25, -0.2) is 14.2 Å². The first-order valence-electron chi connectivity index (χ1n) is 3.44. The van der Waals surface area contributed by atoms with Crippen molar-refractivity contribution in [2.24, 2.45) is 0 Å². The number of pyridine rings is 1. The van der Waals surface area contributed by atoms with Crippen molar-refractivity contribution in [3.63, 3.8) is 0 Å². The first kappa shape index (κ1) is 10.6. The number of hydrogen-bond acceptors (Lipinski definition) is 4. The third-order valence-electron chi connectivity index (χ3n) is 1.47. The summed E-state index contributed by atoms with van der Waals surface area (Å²) in [6, 6.07) is 1.71. The number of nitrogens with zero attached hydrogens (tertiary/aromatic N) is 2. The smallest absolute Gasteiger partial charge is 0.342 e. The number of halogens is 2. The molecular formula is C8H4BrFN2O2. The van der Waals surface area contributed by atoms with Crippen LogP contribution in [0.3, 0.4) is 0 Å². The molecule has 0 aliphatic heterocycles. The number of ether oxygens (including phenoxy) is 1. The molecule has 14 heavy (non-hydrogen) atoms. The van der Waals surface area contributed by atoms with Gasteiger partial charge in [-0.15, -0.1) is 0 Å². The Morgan fingerprint density at radius 1 is 1.79 bits per heavy atom. The van der Waals surface area contributed by atoms with E-state index < -0.39 is 11.8 Å². The quantitative estimate of drug-likeness (QED) is 0.719. The molecule has 0 atom stereocenters. The van der Waals surface area contributed by atoms with Crippen LogP contribution in [-0.4, -0.2) is 18.1 Å². The molecule has 0 N–H and O–H groups in total. The summed E-state index contributed by atoms with van der Waals surface area (Å²) < 4.78 is 17.5. The number of hydrogen-bond donors (Lipinski definition) is 0. The SMILES string of the molecule is COC(=O)c1c(F)cnc(C#N)c1Br. The monoisotopic (exact) mass is 258 g/mol. The van der Waals surface area contributed by atoms with Crippen LogP contribution < -0.4 is 0 Å². The molecule has 6 heteroatoms. The lowest BCUT2D eigenvalue weighted by Gasteiger charge is -2.03. The second-order valence-electron chi connectivity index (χ2n) is 2.25. The van der Waals surface area contributed by atoms with Gasteiger partial charge < -0.3 is 4.74 Å². The van der Waals surface area contributed by atoms with Crippen molar-refractivity contribution in [1.82, 2.24) is 4.98 Å². The molecule has 1 aromatic rings. The van der Waals surface area contributed by atoms with E-state index in [0.29, 0.717) is 0 Å². The van der Waals surface area contributed by atoms with Crippen LogP contribution in [0.25, 0.3) is 0 Å². The van der Waals surface area contributed by atoms with E-state index in [-0.39, 0.29) is 15.7 Å². The van der Waals surface area contributed by atoms with Gasteiger partial charge in [0.25, 0.3) is 0 Å². The summed E-state index contributed by atoms with van der Waals surface area (Å²) in [4.78, 5) is 14.6. The summed E-state index contributed by atoms with van der Waals surface area (Å²) in [5, 5.41) is 8.57. The van der Waals surface area contributed by atoms with Crippen LogP contribution in [0.2, 0.25) is 0 Å². The molecule has 0 amide bonds. The van der Waals surface area contributed by atoms with Crippen LogP contribution >= 0.6 is 15.9 Å². The number of carbonyl (C=O) groups excluding carboxylic acids is 1. The van der Waals surface area contributed by atoms with E-state index >= 15 is 0 Å². The third-order valence-corrected chi connectivity index (χ3v) is 2.24. The predicted molar refractivity (Wildman–Crippen MR) is 47.9 cm³/mol. The average Bonchev–Trinajstić information content (AvgIpc) is 2.18. The van der Waals surface area contributed by atoms with E-state index in [1.807, 2.05) is 0 Å². The fraction of sp³-hybridized carbons (Fsp3) is 0.125. The highest BCUT2D eigenvalue weighted by atomic mass is 79.9. The zero-order valence-corrected chi connectivity index (χ0v) is 8.63. The molecule has 0 radical (unpaired) electrons. The van der Waals surface area contributed by atoms with Gasteiger partial charge in [-0.05, 0) is 15.9 Å². The lowest BCUT2D eigenvalue weighted by molar-refractivity contribution is 0.0594. The van der Waals surface area contributed by atoms with Crippen molar-refractivity contribution >= 4 is 21.9 Å². The zero-order valence-electron chi connectivity index (χ0n) is 7.04. The van der Waals surface area contributed by atoms with E-state index in [1.165, 1.54) is 0 Å². The van der Waals surface area contributed by atoms with E-state index in [4.69, 9.17) is 5.26 Å². The van der Waals surface area contributed by atoms with Crippen LogP contribution in [0, 0.1) is 17.1 Å². The van der Waals surface area contributed by atoms with Crippen molar-refractivity contribution in [1.29, 1.82) is 5.26 Å². The first-order chi connectivity index (χ1) is 6.61. The number of methoxy groups -OCH3 is 1. The number of esters is 1. The maximum atomic E-state index is 13.1. The lowest BCUT2D eigenvalue weighted by atomic mass is 10.2. The lowest BCUT2D eigenvalue weighted by Crippen LogP contribution is -2.07. The standard InChI is InChI=1S/C8H4BrFN2O2/c1-14-8(13)6-4(10)3-12-5(2-11)7(6)9/h3H,1H3. The summed E-state index contributed by atoms with van der Waals surface area (Å²) >= 11 is 2.91. The third kappa shape index (κ3) is 1.72. The molecular weight excluding hydrogens is 255 g/mol. The highest BCUT2D eigenvalue weighted by molar-refractivity contribution is 9.10. The van der Waals surface area contributed by atoms with E-state index in [9.17, 15) is 9.18 Å². The molecule has 0 unspecified atom stereocenters. The van der Waals surface area contributed by atoms with Gasteiger partial charge in [0, 0.05) is 0 Å². The highest BCUT2D eigenvalue weighted by Crippen LogP contribution is 2.22. The molecule has 0 aromatic carbocycles. The summed E-state index contributed by atoms with van der Waals surface area (Å²) in [7, 11) is 1.13. The van der Waals surface area contributed by atoms with Crippen LogP contribution in [-0.2, 0) is 4.74 Å². The van der Waals surface area contributed by atoms with Gasteiger partial charge in [-0.2, -0.15) is 5.26 Å². The minimum atomic E-state index is -0.853. The maximum absolute atomic E-state index is 13.1. The zero-order chi connectivity index (χ0) is 10.7. The molecule has 0 bridgehead atoms. The minimum absolute atomic E-state index is 0.00634. The Morgan fingerprint density at radius 3 is 2.93 bits per heavy atom. The molecule has 72 valence electrons. The van der Waals surface area contributed by atoms with Gasteiger partial charge in [0.2, 0.25) is 0 Å². The molecule has 4 nitrogen and oxygen atoms in total. The molecule has 1 rings (SSSR count). The Hall–Kier alpha value is -1.48. The molecule has 1 aromatic heterocycles. The van der Waals surface area contributed by atoms with Gasteiger partial charge in [0.15, 0.2) is 11.5 Å². The van der Waals surface area contributed by atoms with Crippen LogP contribution in [0.1, 0.15) is 16.1 Å². The fourth-order valence-corrected chi connectivity index (χ4v) is 1.38. The molecule has 0 aliphatic rings. The van der Waals surface area contributed by atoms with Gasteiger partial charge in [-0.1, -0.05) is 0 Å². The Kier molecular flexibility index (Phi) is 3.14. The van der Waals surface area contributed by atoms with E-state index in [1.54, 1.807) is 6.07 Å². The Balaban J connectivity index is 3.42. The number of carbonyl (C=O) groups is 1. The van der Waals surface area contributed by atoms with Gasteiger partial charge >= 0.3 is 5.97 Å². The maximum Gasteiger partial charge on any atom is 0.342 e. The predicted octanol–water partition coefficient (Wildman–Crippen LogP) is 1.64. The molecule has 1 heterocycles. The van der Waals surface area contributed by atoms with Crippen LogP contribution in [0.15, 0.2) is 10.7 Å². The molecule has 0 fully saturated rings. The van der Waals surface area contributed by atoms with E-state index in [2.05, 4.69) is 25.7 Å². The minimum Gasteiger partial charge on any atom is -0.465 e. The normalized spacial score (nSPS) is 9.29. The second kappa shape index (κ2) is 4.15. The Morgan fingerprint density at radius 2 is 2.43 bits per heavy atom. The Labute approximate surface area is 87.4 Å². The molecule has 0 aliphatic carbocycles. The average molecular weight is 259 g/mol. The first-order valence-corrected chi connectivity index (χ1v) is 4.23. The van der Waals surface area contributed by atoms with Crippen molar-refractivity contribution in [3.05, 3.63) is 27.7 Å². The summed E-state index contributed by atoms with van der Waals surface area (Å²) in [5.41, 5.74) is -0.383. The number of aromatic nitrogens is 1. The Bertz CT molecular complexity index is 428. The second-order valence-corrected chi connectivity index (χ2v) is 3.04. The number of nitriles is 1. The van der Waals surface area contributed by atoms with Crippen LogP contribution in [0.5, 0.6) is 0 Å².